The molecule has 0 aliphatic heterocycles. The third-order valence-electron chi connectivity index (χ3n) is 4.10. The Bertz CT molecular complexity index is 516. The van der Waals surface area contributed by atoms with Crippen LogP contribution in [0.15, 0.2) is 23.2 Å². The molecule has 6 heteroatoms. The molecule has 1 aromatic rings. The van der Waals surface area contributed by atoms with E-state index >= 15 is 0 Å². The van der Waals surface area contributed by atoms with Crippen LogP contribution in [0.1, 0.15) is 31.7 Å². The summed E-state index contributed by atoms with van der Waals surface area (Å²) < 4.78 is 27.2. The van der Waals surface area contributed by atoms with E-state index in [1.165, 1.54) is 24.6 Å². The van der Waals surface area contributed by atoms with Crippen molar-refractivity contribution in [3.8, 4) is 0 Å². The van der Waals surface area contributed by atoms with Crippen LogP contribution < -0.4 is 10.6 Å². The Morgan fingerprint density at radius 2 is 2.04 bits per heavy atom. The van der Waals surface area contributed by atoms with Crippen molar-refractivity contribution in [1.29, 1.82) is 0 Å². The van der Waals surface area contributed by atoms with Crippen molar-refractivity contribution in [2.45, 2.75) is 43.9 Å². The number of hydrogen-bond acceptors (Lipinski definition) is 2. The number of rotatable bonds is 6. The summed E-state index contributed by atoms with van der Waals surface area (Å²) in [6.07, 6.45) is 5.90. The number of benzene rings is 1. The van der Waals surface area contributed by atoms with E-state index in [2.05, 4.69) is 21.9 Å². The first kappa shape index (κ1) is 18.0. The summed E-state index contributed by atoms with van der Waals surface area (Å²) in [5, 5.41) is 7.35. The van der Waals surface area contributed by atoms with Gasteiger partial charge in [-0.3, -0.25) is 4.99 Å². The molecule has 2 atom stereocenters. The van der Waals surface area contributed by atoms with E-state index in [-0.39, 0.29) is 12.0 Å². The molecule has 0 bridgehead atoms. The molecule has 3 nitrogen and oxygen atoms in total. The van der Waals surface area contributed by atoms with Gasteiger partial charge in [0.1, 0.15) is 11.6 Å². The Morgan fingerprint density at radius 1 is 1.30 bits per heavy atom. The van der Waals surface area contributed by atoms with Crippen LogP contribution in [0.3, 0.4) is 0 Å². The van der Waals surface area contributed by atoms with E-state index < -0.39 is 11.6 Å². The third kappa shape index (κ3) is 5.37. The molecule has 1 fully saturated rings. The molecular formula is C17H25F2N3S. The summed E-state index contributed by atoms with van der Waals surface area (Å²) in [5.41, 5.74) is 0.107. The molecule has 23 heavy (non-hydrogen) atoms. The molecule has 128 valence electrons. The topological polar surface area (TPSA) is 36.4 Å². The minimum absolute atomic E-state index is 0.107. The Hall–Kier alpha value is -1.30. The highest BCUT2D eigenvalue weighted by Crippen LogP contribution is 2.28. The fourth-order valence-electron chi connectivity index (χ4n) is 2.85. The molecule has 1 aliphatic rings. The molecule has 0 heterocycles. The molecular weight excluding hydrogens is 316 g/mol. The number of halogens is 2. The molecule has 1 aliphatic carbocycles. The third-order valence-corrected chi connectivity index (χ3v) is 5.19. The second-order valence-electron chi connectivity index (χ2n) is 5.72. The first-order valence-corrected chi connectivity index (χ1v) is 9.43. The van der Waals surface area contributed by atoms with Gasteiger partial charge in [-0.2, -0.15) is 11.8 Å². The number of aliphatic imine (C=N–C) groups is 1. The minimum atomic E-state index is -0.503. The fraction of sp³-hybridized carbons (Fsp3) is 0.588. The minimum Gasteiger partial charge on any atom is -0.357 e. The van der Waals surface area contributed by atoms with Gasteiger partial charge in [0.25, 0.3) is 0 Å². The van der Waals surface area contributed by atoms with Gasteiger partial charge in [0.15, 0.2) is 5.96 Å². The fourth-order valence-corrected chi connectivity index (χ4v) is 3.65. The van der Waals surface area contributed by atoms with E-state index in [9.17, 15) is 8.78 Å². The van der Waals surface area contributed by atoms with Crippen molar-refractivity contribution in [2.75, 3.05) is 19.3 Å². The van der Waals surface area contributed by atoms with E-state index in [1.807, 2.05) is 18.7 Å². The van der Waals surface area contributed by atoms with Gasteiger partial charge in [-0.1, -0.05) is 6.07 Å². The second-order valence-corrected chi connectivity index (χ2v) is 6.86. The van der Waals surface area contributed by atoms with Gasteiger partial charge in [-0.05, 0) is 51.0 Å². The molecule has 2 N–H and O–H groups in total. The standard InChI is InChI=1S/C17H25F2N3S/c1-3-20-17(22-12-7-8-13(11-12)23-2)21-10-9-14-15(18)5-4-6-16(14)19/h4-6,12-13H,3,7-11H2,1-2H3,(H2,20,21,22). The van der Waals surface area contributed by atoms with Crippen molar-refractivity contribution in [1.82, 2.24) is 10.6 Å². The predicted octanol–water partition coefficient (Wildman–Crippen LogP) is 3.35. The largest absolute Gasteiger partial charge is 0.357 e. The van der Waals surface area contributed by atoms with Gasteiger partial charge in [-0.25, -0.2) is 8.78 Å². The van der Waals surface area contributed by atoms with Crippen LogP contribution in [0.25, 0.3) is 0 Å². The zero-order valence-electron chi connectivity index (χ0n) is 13.7. The number of nitrogens with one attached hydrogen (secondary N) is 2. The maximum atomic E-state index is 13.6. The van der Waals surface area contributed by atoms with Crippen LogP contribution in [0, 0.1) is 11.6 Å². The van der Waals surface area contributed by atoms with Crippen LogP contribution in [0.5, 0.6) is 0 Å². The Morgan fingerprint density at radius 3 is 2.65 bits per heavy atom. The number of hydrogen-bond donors (Lipinski definition) is 2. The van der Waals surface area contributed by atoms with Crippen molar-refractivity contribution in [3.63, 3.8) is 0 Å². The van der Waals surface area contributed by atoms with E-state index in [0.29, 0.717) is 17.8 Å². The van der Waals surface area contributed by atoms with Crippen molar-refractivity contribution in [3.05, 3.63) is 35.4 Å². The molecule has 2 unspecified atom stereocenters. The van der Waals surface area contributed by atoms with E-state index in [0.717, 1.165) is 25.3 Å². The average molecular weight is 341 g/mol. The lowest BCUT2D eigenvalue weighted by Crippen LogP contribution is -2.42. The van der Waals surface area contributed by atoms with Crippen molar-refractivity contribution in [2.24, 2.45) is 4.99 Å². The maximum Gasteiger partial charge on any atom is 0.191 e. The number of guanidine groups is 1. The second kappa shape index (κ2) is 9.11. The van der Waals surface area contributed by atoms with Crippen molar-refractivity contribution < 1.29 is 8.78 Å². The summed E-state index contributed by atoms with van der Waals surface area (Å²) in [6.45, 7) is 3.12. The summed E-state index contributed by atoms with van der Waals surface area (Å²) in [5.74, 6) is -0.274. The zero-order chi connectivity index (χ0) is 16.7. The van der Waals surface area contributed by atoms with Gasteiger partial charge in [0.05, 0.1) is 0 Å². The Labute approximate surface area is 141 Å². The average Bonchev–Trinajstić information content (AvgIpc) is 2.98. The molecule has 0 radical (unpaired) electrons. The zero-order valence-corrected chi connectivity index (χ0v) is 14.6. The van der Waals surface area contributed by atoms with Crippen LogP contribution in [0.4, 0.5) is 8.78 Å². The van der Waals surface area contributed by atoms with Gasteiger partial charge in [0, 0.05) is 29.9 Å². The summed E-state index contributed by atoms with van der Waals surface area (Å²) >= 11 is 1.91. The van der Waals surface area contributed by atoms with Gasteiger partial charge in [-0.15, -0.1) is 0 Å². The lowest BCUT2D eigenvalue weighted by Gasteiger charge is -2.17. The highest BCUT2D eigenvalue weighted by Gasteiger charge is 2.24. The molecule has 0 aromatic heterocycles. The van der Waals surface area contributed by atoms with Crippen LogP contribution in [-0.2, 0) is 6.42 Å². The summed E-state index contributed by atoms with van der Waals surface area (Å²) in [7, 11) is 0. The number of nitrogens with zero attached hydrogens (tertiary/aromatic N) is 1. The highest BCUT2D eigenvalue weighted by atomic mass is 32.2. The monoisotopic (exact) mass is 341 g/mol. The maximum absolute atomic E-state index is 13.6. The highest BCUT2D eigenvalue weighted by molar-refractivity contribution is 7.99. The molecule has 0 spiro atoms. The molecule has 0 amide bonds. The quantitative estimate of drug-likeness (QED) is 0.615. The molecule has 1 aromatic carbocycles. The predicted molar refractivity (Wildman–Crippen MR) is 94.1 cm³/mol. The Balaban J connectivity index is 1.91. The first-order valence-electron chi connectivity index (χ1n) is 8.14. The van der Waals surface area contributed by atoms with Gasteiger partial charge in [0.2, 0.25) is 0 Å². The van der Waals surface area contributed by atoms with Gasteiger partial charge >= 0.3 is 0 Å². The molecule has 0 saturated heterocycles. The summed E-state index contributed by atoms with van der Waals surface area (Å²) in [6, 6.07) is 4.38. The summed E-state index contributed by atoms with van der Waals surface area (Å²) in [4.78, 5) is 4.46. The molecule has 1 saturated carbocycles. The van der Waals surface area contributed by atoms with Crippen LogP contribution in [0.2, 0.25) is 0 Å². The van der Waals surface area contributed by atoms with Crippen LogP contribution >= 0.6 is 11.8 Å². The van der Waals surface area contributed by atoms with Crippen molar-refractivity contribution >= 4 is 17.7 Å². The van der Waals surface area contributed by atoms with Crippen LogP contribution in [-0.4, -0.2) is 36.6 Å². The lowest BCUT2D eigenvalue weighted by atomic mass is 10.1. The van der Waals surface area contributed by atoms with E-state index in [4.69, 9.17) is 0 Å². The molecule has 2 rings (SSSR count). The normalized spacial score (nSPS) is 21.5. The van der Waals surface area contributed by atoms with E-state index in [1.54, 1.807) is 0 Å². The first-order chi connectivity index (χ1) is 11.1. The lowest BCUT2D eigenvalue weighted by molar-refractivity contribution is 0.555. The Kier molecular flexibility index (Phi) is 7.15. The van der Waals surface area contributed by atoms with Gasteiger partial charge < -0.3 is 10.6 Å². The SMILES string of the molecule is CCNC(=NCCc1c(F)cccc1F)NC1CCC(SC)C1. The number of thioether (sulfide) groups is 1. The smallest absolute Gasteiger partial charge is 0.191 e.